The molecule has 3 aromatic rings. The molecule has 0 aliphatic rings. The van der Waals surface area contributed by atoms with E-state index in [0.29, 0.717) is 17.0 Å². The van der Waals surface area contributed by atoms with E-state index in [0.717, 1.165) is 5.56 Å². The fraction of sp³-hybridized carbons (Fsp3) is 0. The van der Waals surface area contributed by atoms with Crippen molar-refractivity contribution < 1.29 is 4.79 Å². The second kappa shape index (κ2) is 3.48. The Bertz CT molecular complexity index is 682. The van der Waals surface area contributed by atoms with Crippen molar-refractivity contribution in [3.05, 3.63) is 48.5 Å². The van der Waals surface area contributed by atoms with Gasteiger partial charge in [0.1, 0.15) is 17.0 Å². The third-order valence-corrected chi connectivity index (χ3v) is 2.63. The summed E-state index contributed by atoms with van der Waals surface area (Å²) in [6, 6.07) is 7.40. The van der Waals surface area contributed by atoms with E-state index < -0.39 is 5.91 Å². The van der Waals surface area contributed by atoms with Crippen molar-refractivity contribution in [3.63, 3.8) is 0 Å². The molecule has 0 saturated heterocycles. The average molecular weight is 226 g/mol. The number of fused-ring (bicyclic) bond motifs is 1. The average Bonchev–Trinajstić information content (AvgIpc) is 2.95. The first-order valence-corrected chi connectivity index (χ1v) is 5.17. The van der Waals surface area contributed by atoms with Crippen LogP contribution in [0, 0.1) is 0 Å². The number of nitrogens with one attached hydrogen (secondary N) is 1. The van der Waals surface area contributed by atoms with Crippen LogP contribution in [0.1, 0.15) is 10.5 Å². The summed E-state index contributed by atoms with van der Waals surface area (Å²) in [6.07, 6.45) is 5.34. The van der Waals surface area contributed by atoms with Crippen LogP contribution in [0.5, 0.6) is 0 Å². The Labute approximate surface area is 96.9 Å². The van der Waals surface area contributed by atoms with E-state index >= 15 is 0 Å². The van der Waals surface area contributed by atoms with Crippen LogP contribution in [0.2, 0.25) is 0 Å². The van der Waals surface area contributed by atoms with Gasteiger partial charge >= 0.3 is 0 Å². The zero-order chi connectivity index (χ0) is 11.8. The SMILES string of the molecule is NC(=O)c1c(-c2cc[nH]c2)nc2ccccn12. The van der Waals surface area contributed by atoms with E-state index in [1.165, 1.54) is 0 Å². The molecule has 0 aliphatic heterocycles. The standard InChI is InChI=1S/C12H10N4O/c13-12(17)11-10(8-4-5-14-7-8)15-9-3-1-2-6-16(9)11/h1-7,14H,(H2,13,17). The summed E-state index contributed by atoms with van der Waals surface area (Å²) in [5, 5.41) is 0. The molecular formula is C12H10N4O. The maximum absolute atomic E-state index is 11.5. The Morgan fingerprint density at radius 2 is 2.24 bits per heavy atom. The number of rotatable bonds is 2. The van der Waals surface area contributed by atoms with Gasteiger partial charge in [0.05, 0.1) is 0 Å². The zero-order valence-corrected chi connectivity index (χ0v) is 8.92. The number of carbonyl (C=O) groups excluding carboxylic acids is 1. The lowest BCUT2D eigenvalue weighted by Crippen LogP contribution is -2.14. The quantitative estimate of drug-likeness (QED) is 0.693. The van der Waals surface area contributed by atoms with Gasteiger partial charge in [-0.3, -0.25) is 9.20 Å². The van der Waals surface area contributed by atoms with Gasteiger partial charge < -0.3 is 10.7 Å². The maximum atomic E-state index is 11.5. The van der Waals surface area contributed by atoms with E-state index in [2.05, 4.69) is 9.97 Å². The molecule has 84 valence electrons. The summed E-state index contributed by atoms with van der Waals surface area (Å²) in [7, 11) is 0. The molecule has 3 rings (SSSR count). The number of pyridine rings is 1. The van der Waals surface area contributed by atoms with Crippen molar-refractivity contribution in [3.8, 4) is 11.3 Å². The van der Waals surface area contributed by atoms with Crippen LogP contribution >= 0.6 is 0 Å². The van der Waals surface area contributed by atoms with Gasteiger partial charge in [0.15, 0.2) is 0 Å². The van der Waals surface area contributed by atoms with Gasteiger partial charge in [-0.25, -0.2) is 4.98 Å². The summed E-state index contributed by atoms with van der Waals surface area (Å²) < 4.78 is 1.70. The lowest BCUT2D eigenvalue weighted by molar-refractivity contribution is 0.0995. The van der Waals surface area contributed by atoms with E-state index in [4.69, 9.17) is 5.73 Å². The molecule has 3 N–H and O–H groups in total. The first-order chi connectivity index (χ1) is 8.27. The summed E-state index contributed by atoms with van der Waals surface area (Å²) >= 11 is 0. The number of aromatic amines is 1. The minimum absolute atomic E-state index is 0.403. The topological polar surface area (TPSA) is 76.2 Å². The Kier molecular flexibility index (Phi) is 1.98. The van der Waals surface area contributed by atoms with E-state index in [9.17, 15) is 4.79 Å². The fourth-order valence-electron chi connectivity index (χ4n) is 1.90. The van der Waals surface area contributed by atoms with Gasteiger partial charge in [-0.2, -0.15) is 0 Å². The minimum Gasteiger partial charge on any atom is -0.367 e. The molecule has 0 unspecified atom stereocenters. The maximum Gasteiger partial charge on any atom is 0.268 e. The van der Waals surface area contributed by atoms with Gasteiger partial charge in [0.25, 0.3) is 5.91 Å². The lowest BCUT2D eigenvalue weighted by Gasteiger charge is -1.98. The molecular weight excluding hydrogens is 216 g/mol. The van der Waals surface area contributed by atoms with Crippen molar-refractivity contribution in [2.24, 2.45) is 5.73 Å². The minimum atomic E-state index is -0.486. The molecule has 0 saturated carbocycles. The van der Waals surface area contributed by atoms with Gasteiger partial charge in [-0.15, -0.1) is 0 Å². The Morgan fingerprint density at radius 1 is 1.35 bits per heavy atom. The largest absolute Gasteiger partial charge is 0.367 e. The highest BCUT2D eigenvalue weighted by Crippen LogP contribution is 2.23. The van der Waals surface area contributed by atoms with Crippen molar-refractivity contribution in [1.29, 1.82) is 0 Å². The summed E-state index contributed by atoms with van der Waals surface area (Å²) in [4.78, 5) is 18.9. The van der Waals surface area contributed by atoms with E-state index in [1.54, 1.807) is 23.0 Å². The predicted molar refractivity (Wildman–Crippen MR) is 63.5 cm³/mol. The smallest absolute Gasteiger partial charge is 0.268 e. The predicted octanol–water partition coefficient (Wildman–Crippen LogP) is 1.43. The number of nitrogens with two attached hydrogens (primary N) is 1. The lowest BCUT2D eigenvalue weighted by atomic mass is 10.2. The number of amides is 1. The molecule has 1 amide bonds. The highest BCUT2D eigenvalue weighted by atomic mass is 16.1. The first-order valence-electron chi connectivity index (χ1n) is 5.17. The van der Waals surface area contributed by atoms with Gasteiger partial charge in [-0.05, 0) is 18.2 Å². The Hall–Kier alpha value is -2.56. The van der Waals surface area contributed by atoms with Crippen LogP contribution in [-0.2, 0) is 0 Å². The van der Waals surface area contributed by atoms with Crippen LogP contribution < -0.4 is 5.73 Å². The number of aromatic nitrogens is 3. The Morgan fingerprint density at radius 3 is 2.94 bits per heavy atom. The highest BCUT2D eigenvalue weighted by Gasteiger charge is 2.17. The van der Waals surface area contributed by atoms with Crippen LogP contribution in [0.4, 0.5) is 0 Å². The summed E-state index contributed by atoms with van der Waals surface area (Å²) in [6.45, 7) is 0. The summed E-state index contributed by atoms with van der Waals surface area (Å²) in [5.74, 6) is -0.486. The molecule has 17 heavy (non-hydrogen) atoms. The number of hydrogen-bond donors (Lipinski definition) is 2. The summed E-state index contributed by atoms with van der Waals surface area (Å²) in [5.41, 5.74) is 7.98. The van der Waals surface area contributed by atoms with Crippen LogP contribution in [0.3, 0.4) is 0 Å². The van der Waals surface area contributed by atoms with Crippen LogP contribution in [0.25, 0.3) is 16.9 Å². The molecule has 5 nitrogen and oxygen atoms in total. The van der Waals surface area contributed by atoms with Crippen molar-refractivity contribution in [1.82, 2.24) is 14.4 Å². The van der Waals surface area contributed by atoms with Crippen molar-refractivity contribution in [2.45, 2.75) is 0 Å². The van der Waals surface area contributed by atoms with Crippen molar-refractivity contribution >= 4 is 11.6 Å². The molecule has 0 atom stereocenters. The molecule has 0 aromatic carbocycles. The number of primary amides is 1. The van der Waals surface area contributed by atoms with E-state index in [-0.39, 0.29) is 0 Å². The number of H-pyrrole nitrogens is 1. The third kappa shape index (κ3) is 1.40. The van der Waals surface area contributed by atoms with Crippen LogP contribution in [-0.4, -0.2) is 20.3 Å². The third-order valence-electron chi connectivity index (χ3n) is 2.63. The molecule has 0 spiro atoms. The second-order valence-electron chi connectivity index (χ2n) is 3.70. The van der Waals surface area contributed by atoms with Gasteiger partial charge in [0, 0.05) is 24.2 Å². The first kappa shape index (κ1) is 9.65. The number of hydrogen-bond acceptors (Lipinski definition) is 2. The highest BCUT2D eigenvalue weighted by molar-refractivity contribution is 5.98. The van der Waals surface area contributed by atoms with Crippen LogP contribution in [0.15, 0.2) is 42.9 Å². The molecule has 5 heteroatoms. The molecule has 3 aromatic heterocycles. The zero-order valence-electron chi connectivity index (χ0n) is 8.92. The second-order valence-corrected chi connectivity index (χ2v) is 3.70. The molecule has 0 fully saturated rings. The van der Waals surface area contributed by atoms with Crippen molar-refractivity contribution in [2.75, 3.05) is 0 Å². The van der Waals surface area contributed by atoms with E-state index in [1.807, 2.05) is 24.3 Å². The molecule has 3 heterocycles. The number of nitrogens with zero attached hydrogens (tertiary/aromatic N) is 2. The monoisotopic (exact) mass is 226 g/mol. The normalized spacial score (nSPS) is 10.8. The Balaban J connectivity index is 2.38. The number of carbonyl (C=O) groups is 1. The number of imidazole rings is 1. The molecule has 0 radical (unpaired) electrons. The molecule has 0 bridgehead atoms. The van der Waals surface area contributed by atoms with Gasteiger partial charge in [-0.1, -0.05) is 6.07 Å². The molecule has 0 aliphatic carbocycles. The van der Waals surface area contributed by atoms with Gasteiger partial charge in [0.2, 0.25) is 0 Å². The fourth-order valence-corrected chi connectivity index (χ4v) is 1.90.